The van der Waals surface area contributed by atoms with Gasteiger partial charge in [-0.1, -0.05) is 24.6 Å². The zero-order chi connectivity index (χ0) is 15.6. The molecule has 2 fully saturated rings. The molecule has 1 aromatic rings. The van der Waals surface area contributed by atoms with Crippen molar-refractivity contribution in [2.24, 2.45) is 5.92 Å². The Morgan fingerprint density at radius 3 is 2.41 bits per heavy atom. The van der Waals surface area contributed by atoms with E-state index in [1.165, 1.54) is 12.0 Å². The van der Waals surface area contributed by atoms with Crippen LogP contribution in [0, 0.1) is 5.92 Å². The number of para-hydroxylation sites is 1. The first-order chi connectivity index (χ1) is 10.6. The molecule has 22 heavy (non-hydrogen) atoms. The van der Waals surface area contributed by atoms with E-state index in [0.717, 1.165) is 31.4 Å². The third-order valence-electron chi connectivity index (χ3n) is 5.10. The van der Waals surface area contributed by atoms with Gasteiger partial charge in [0, 0.05) is 13.1 Å². The molecule has 0 radical (unpaired) electrons. The number of methoxy groups -OCH3 is 1. The van der Waals surface area contributed by atoms with Gasteiger partial charge < -0.3 is 4.74 Å². The summed E-state index contributed by atoms with van der Waals surface area (Å²) in [5.74, 6) is 2.06. The molecule has 0 aromatic heterocycles. The molecule has 1 saturated heterocycles. The quantitative estimate of drug-likeness (QED) is 0.837. The third kappa shape index (κ3) is 3.30. The second kappa shape index (κ2) is 6.59. The number of benzene rings is 1. The van der Waals surface area contributed by atoms with Crippen LogP contribution in [0.3, 0.4) is 0 Å². The van der Waals surface area contributed by atoms with Gasteiger partial charge in [0.25, 0.3) is 0 Å². The van der Waals surface area contributed by atoms with Crippen LogP contribution in [0.4, 0.5) is 0 Å². The van der Waals surface area contributed by atoms with E-state index in [0.29, 0.717) is 30.7 Å². The molecule has 1 saturated carbocycles. The zero-order valence-electron chi connectivity index (χ0n) is 13.2. The summed E-state index contributed by atoms with van der Waals surface area (Å²) in [6, 6.07) is 8.08. The molecule has 3 rings (SSSR count). The molecule has 1 aromatic carbocycles. The van der Waals surface area contributed by atoms with Crippen LogP contribution in [0.2, 0.25) is 0 Å². The Balaban J connectivity index is 1.62. The van der Waals surface area contributed by atoms with Gasteiger partial charge in [-0.05, 0) is 49.1 Å². The highest BCUT2D eigenvalue weighted by Gasteiger charge is 2.32. The topological polar surface area (TPSA) is 46.6 Å². The Morgan fingerprint density at radius 1 is 1.14 bits per heavy atom. The fourth-order valence-corrected chi connectivity index (χ4v) is 5.42. The summed E-state index contributed by atoms with van der Waals surface area (Å²) in [7, 11) is -1.37. The van der Waals surface area contributed by atoms with Crippen molar-refractivity contribution in [2.75, 3.05) is 26.0 Å². The van der Waals surface area contributed by atoms with Crippen molar-refractivity contribution in [2.45, 2.75) is 38.0 Å². The molecule has 0 spiro atoms. The summed E-state index contributed by atoms with van der Waals surface area (Å²) in [6.07, 6.45) is 5.11. The summed E-state index contributed by atoms with van der Waals surface area (Å²) >= 11 is 0. The molecule has 2 aliphatic rings. The molecule has 0 amide bonds. The van der Waals surface area contributed by atoms with E-state index < -0.39 is 10.0 Å². The van der Waals surface area contributed by atoms with Gasteiger partial charge in [-0.3, -0.25) is 0 Å². The zero-order valence-corrected chi connectivity index (χ0v) is 14.0. The lowest BCUT2D eigenvalue weighted by Crippen LogP contribution is -2.41. The molecule has 1 aliphatic heterocycles. The van der Waals surface area contributed by atoms with E-state index in [2.05, 4.69) is 6.07 Å². The summed E-state index contributed by atoms with van der Waals surface area (Å²) < 4.78 is 32.1. The molecule has 1 heterocycles. The average Bonchev–Trinajstić information content (AvgIpc) is 2.51. The fraction of sp³-hybridized carbons (Fsp3) is 0.647. The summed E-state index contributed by atoms with van der Waals surface area (Å²) in [5.41, 5.74) is 1.21. The summed E-state index contributed by atoms with van der Waals surface area (Å²) in [5, 5.41) is 0. The minimum atomic E-state index is -3.06. The van der Waals surface area contributed by atoms with Crippen molar-refractivity contribution >= 4 is 10.0 Å². The number of rotatable bonds is 5. The minimum absolute atomic E-state index is 0.353. The fourth-order valence-electron chi connectivity index (χ4n) is 3.51. The predicted molar refractivity (Wildman–Crippen MR) is 87.7 cm³/mol. The standard InChI is InChI=1S/C17H25NO3S/c1-21-17-8-3-2-7-16(17)15-9-11-18(12-10-15)22(19,20)13-14-5-4-6-14/h2-3,7-8,14-15H,4-6,9-13H2,1H3. The van der Waals surface area contributed by atoms with E-state index in [1.807, 2.05) is 18.2 Å². The minimum Gasteiger partial charge on any atom is -0.496 e. The molecule has 0 unspecified atom stereocenters. The molecular weight excluding hydrogens is 298 g/mol. The van der Waals surface area contributed by atoms with Crippen molar-refractivity contribution < 1.29 is 13.2 Å². The number of hydrogen-bond donors (Lipinski definition) is 0. The van der Waals surface area contributed by atoms with E-state index in [1.54, 1.807) is 11.4 Å². The summed E-state index contributed by atoms with van der Waals surface area (Å²) in [6.45, 7) is 1.27. The molecule has 0 atom stereocenters. The molecule has 0 N–H and O–H groups in total. The van der Waals surface area contributed by atoms with E-state index in [4.69, 9.17) is 4.74 Å². The number of hydrogen-bond acceptors (Lipinski definition) is 3. The molecule has 0 bridgehead atoms. The van der Waals surface area contributed by atoms with Crippen molar-refractivity contribution in [3.63, 3.8) is 0 Å². The van der Waals surface area contributed by atoms with Crippen LogP contribution in [0.5, 0.6) is 5.75 Å². The average molecular weight is 323 g/mol. The van der Waals surface area contributed by atoms with Gasteiger partial charge in [0.2, 0.25) is 10.0 Å². The summed E-state index contributed by atoms with van der Waals surface area (Å²) in [4.78, 5) is 0. The molecule has 4 nitrogen and oxygen atoms in total. The van der Waals surface area contributed by atoms with Crippen molar-refractivity contribution in [1.29, 1.82) is 0 Å². The van der Waals surface area contributed by atoms with Crippen LogP contribution in [-0.4, -0.2) is 38.7 Å². The van der Waals surface area contributed by atoms with Crippen LogP contribution in [-0.2, 0) is 10.0 Å². The normalized spacial score (nSPS) is 21.5. The molecule has 1 aliphatic carbocycles. The molecular formula is C17H25NO3S. The van der Waals surface area contributed by atoms with E-state index in [-0.39, 0.29) is 0 Å². The Bertz CT molecular complexity index is 602. The highest BCUT2D eigenvalue weighted by Crippen LogP contribution is 2.35. The van der Waals surface area contributed by atoms with Gasteiger partial charge in [-0.25, -0.2) is 12.7 Å². The maximum absolute atomic E-state index is 12.5. The molecule has 122 valence electrons. The Kier molecular flexibility index (Phi) is 4.73. The van der Waals surface area contributed by atoms with Crippen LogP contribution < -0.4 is 4.74 Å². The van der Waals surface area contributed by atoms with Crippen molar-refractivity contribution in [3.05, 3.63) is 29.8 Å². The SMILES string of the molecule is COc1ccccc1C1CCN(S(=O)(=O)CC2CCC2)CC1. The van der Waals surface area contributed by atoms with Gasteiger partial charge in [0.1, 0.15) is 5.75 Å². The van der Waals surface area contributed by atoms with Gasteiger partial charge in [0.15, 0.2) is 0 Å². The van der Waals surface area contributed by atoms with Crippen LogP contribution >= 0.6 is 0 Å². The number of sulfonamides is 1. The number of nitrogens with zero attached hydrogens (tertiary/aromatic N) is 1. The maximum Gasteiger partial charge on any atom is 0.214 e. The predicted octanol–water partition coefficient (Wildman–Crippen LogP) is 3.00. The largest absolute Gasteiger partial charge is 0.496 e. The molecule has 5 heteroatoms. The lowest BCUT2D eigenvalue weighted by Gasteiger charge is -2.34. The first kappa shape index (κ1) is 15.8. The van der Waals surface area contributed by atoms with E-state index >= 15 is 0 Å². The lowest BCUT2D eigenvalue weighted by molar-refractivity contribution is 0.299. The number of ether oxygens (including phenoxy) is 1. The maximum atomic E-state index is 12.5. The first-order valence-electron chi connectivity index (χ1n) is 8.21. The van der Waals surface area contributed by atoms with Gasteiger partial charge >= 0.3 is 0 Å². The third-order valence-corrected chi connectivity index (χ3v) is 7.14. The first-order valence-corrected chi connectivity index (χ1v) is 9.82. The lowest BCUT2D eigenvalue weighted by atomic mass is 9.87. The van der Waals surface area contributed by atoms with Gasteiger partial charge in [0.05, 0.1) is 12.9 Å². The smallest absolute Gasteiger partial charge is 0.214 e. The monoisotopic (exact) mass is 323 g/mol. The second-order valence-electron chi connectivity index (χ2n) is 6.49. The van der Waals surface area contributed by atoms with Crippen molar-refractivity contribution in [1.82, 2.24) is 4.31 Å². The Hall–Kier alpha value is -1.07. The highest BCUT2D eigenvalue weighted by molar-refractivity contribution is 7.89. The number of piperidine rings is 1. The Morgan fingerprint density at radius 2 is 1.82 bits per heavy atom. The van der Waals surface area contributed by atoms with Gasteiger partial charge in [-0.15, -0.1) is 0 Å². The second-order valence-corrected chi connectivity index (χ2v) is 8.50. The Labute approximate surface area is 133 Å². The van der Waals surface area contributed by atoms with Gasteiger partial charge in [-0.2, -0.15) is 0 Å². The van der Waals surface area contributed by atoms with Crippen LogP contribution in [0.1, 0.15) is 43.6 Å². The van der Waals surface area contributed by atoms with Crippen molar-refractivity contribution in [3.8, 4) is 5.75 Å². The van der Waals surface area contributed by atoms with Crippen LogP contribution in [0.25, 0.3) is 0 Å². The van der Waals surface area contributed by atoms with Crippen LogP contribution in [0.15, 0.2) is 24.3 Å². The van der Waals surface area contributed by atoms with E-state index in [9.17, 15) is 8.42 Å². The highest BCUT2D eigenvalue weighted by atomic mass is 32.2.